The second-order valence-corrected chi connectivity index (χ2v) is 13.2. The number of rotatable bonds is 0. The molecule has 0 aromatic rings. The summed E-state index contributed by atoms with van der Waals surface area (Å²) in [6, 6.07) is 0. The van der Waals surface area contributed by atoms with E-state index in [-0.39, 0.29) is 5.79 Å². The molecule has 168 valence electrons. The van der Waals surface area contributed by atoms with Crippen molar-refractivity contribution < 1.29 is 9.47 Å². The Morgan fingerprint density at radius 3 is 2.63 bits per heavy atom. The number of ether oxygens (including phenoxy) is 2. The Labute approximate surface area is 188 Å². The summed E-state index contributed by atoms with van der Waals surface area (Å²) in [6.07, 6.45) is 14.4. The molecule has 5 fully saturated rings. The Morgan fingerprint density at radius 2 is 1.87 bits per heavy atom. The van der Waals surface area contributed by atoms with E-state index >= 15 is 0 Å². The number of allylic oxidation sites excluding steroid dienone is 2. The summed E-state index contributed by atoms with van der Waals surface area (Å²) in [5, 5.41) is 0.365. The highest BCUT2D eigenvalue weighted by atomic mass is 35.5. The fourth-order valence-corrected chi connectivity index (χ4v) is 9.91. The molecule has 0 aromatic carbocycles. The molecule has 3 heteroatoms. The summed E-state index contributed by atoms with van der Waals surface area (Å²) in [5.74, 6) is 4.11. The van der Waals surface area contributed by atoms with Gasteiger partial charge in [-0.3, -0.25) is 0 Å². The van der Waals surface area contributed by atoms with Crippen molar-refractivity contribution in [2.75, 3.05) is 6.61 Å². The maximum absolute atomic E-state index is 6.90. The van der Waals surface area contributed by atoms with Crippen LogP contribution in [0.15, 0.2) is 11.6 Å². The molecule has 30 heavy (non-hydrogen) atoms. The molecule has 2 aliphatic heterocycles. The summed E-state index contributed by atoms with van der Waals surface area (Å²) < 4.78 is 13.4. The van der Waals surface area contributed by atoms with Crippen LogP contribution in [0.5, 0.6) is 0 Å². The summed E-state index contributed by atoms with van der Waals surface area (Å²) in [4.78, 5) is 0. The standard InChI is InChI=1S/C27H41ClO2/c1-16-7-12-27(29-15-16)17(2)24-23(30-27)14-22-20-6-5-18-13-19(28)8-10-25(18,3)21(20)9-11-26(22,24)4/h5,16-17,19-24H,6-15H2,1-4H3/t16-,17-,19-,20+,21-,22-,23-,24-,25+,26+,27-/m1/s1. The van der Waals surface area contributed by atoms with Gasteiger partial charge in [0.25, 0.3) is 0 Å². The molecule has 6 rings (SSSR count). The minimum Gasteiger partial charge on any atom is -0.349 e. The van der Waals surface area contributed by atoms with Crippen molar-refractivity contribution in [1.29, 1.82) is 0 Å². The Hall–Kier alpha value is -0.0500. The van der Waals surface area contributed by atoms with Gasteiger partial charge in [0.1, 0.15) is 0 Å². The van der Waals surface area contributed by atoms with Gasteiger partial charge in [-0.2, -0.15) is 0 Å². The van der Waals surface area contributed by atoms with Crippen LogP contribution in [-0.2, 0) is 9.47 Å². The molecule has 0 amide bonds. The zero-order valence-electron chi connectivity index (χ0n) is 19.5. The van der Waals surface area contributed by atoms with Crippen LogP contribution < -0.4 is 0 Å². The normalized spacial score (nSPS) is 59.8. The summed E-state index contributed by atoms with van der Waals surface area (Å²) in [6.45, 7) is 10.9. The van der Waals surface area contributed by atoms with Gasteiger partial charge in [0.2, 0.25) is 0 Å². The molecule has 0 bridgehead atoms. The van der Waals surface area contributed by atoms with Crippen molar-refractivity contribution in [3.05, 3.63) is 11.6 Å². The first-order valence-corrected chi connectivity index (χ1v) is 13.4. The van der Waals surface area contributed by atoms with Gasteiger partial charge < -0.3 is 9.47 Å². The third-order valence-corrected chi connectivity index (χ3v) is 11.7. The van der Waals surface area contributed by atoms with Gasteiger partial charge in [-0.05, 0) is 91.8 Å². The molecule has 3 saturated carbocycles. The zero-order valence-corrected chi connectivity index (χ0v) is 20.2. The van der Waals surface area contributed by atoms with Crippen molar-refractivity contribution >= 4 is 11.6 Å². The smallest absolute Gasteiger partial charge is 0.171 e. The molecular weight excluding hydrogens is 392 g/mol. The van der Waals surface area contributed by atoms with Gasteiger partial charge in [-0.1, -0.05) is 39.3 Å². The number of halogens is 1. The van der Waals surface area contributed by atoms with Crippen LogP contribution in [0.3, 0.4) is 0 Å². The lowest BCUT2D eigenvalue weighted by molar-refractivity contribution is -0.272. The molecule has 11 atom stereocenters. The maximum atomic E-state index is 6.90. The van der Waals surface area contributed by atoms with E-state index in [9.17, 15) is 0 Å². The van der Waals surface area contributed by atoms with E-state index in [0.717, 1.165) is 37.2 Å². The average molecular weight is 433 g/mol. The molecule has 0 radical (unpaired) electrons. The van der Waals surface area contributed by atoms with E-state index in [1.165, 1.54) is 44.9 Å². The van der Waals surface area contributed by atoms with Crippen LogP contribution in [-0.4, -0.2) is 23.9 Å². The van der Waals surface area contributed by atoms with E-state index in [1.807, 2.05) is 0 Å². The summed E-state index contributed by atoms with van der Waals surface area (Å²) in [5.41, 5.74) is 2.53. The minimum atomic E-state index is -0.281. The van der Waals surface area contributed by atoms with Crippen LogP contribution in [0, 0.1) is 46.3 Å². The van der Waals surface area contributed by atoms with Crippen LogP contribution in [0.2, 0.25) is 0 Å². The van der Waals surface area contributed by atoms with Gasteiger partial charge in [0, 0.05) is 17.7 Å². The second kappa shape index (κ2) is 6.73. The molecular formula is C27H41ClO2. The Bertz CT molecular complexity index is 739. The number of alkyl halides is 1. The minimum absolute atomic E-state index is 0.281. The van der Waals surface area contributed by atoms with Crippen molar-refractivity contribution in [3.8, 4) is 0 Å². The lowest BCUT2D eigenvalue weighted by Crippen LogP contribution is -2.52. The number of hydrogen-bond donors (Lipinski definition) is 0. The maximum Gasteiger partial charge on any atom is 0.171 e. The molecule has 2 heterocycles. The predicted octanol–water partition coefficient (Wildman–Crippen LogP) is 6.96. The molecule has 2 saturated heterocycles. The molecule has 2 nitrogen and oxygen atoms in total. The first-order valence-electron chi connectivity index (χ1n) is 12.9. The average Bonchev–Trinajstić information content (AvgIpc) is 3.16. The van der Waals surface area contributed by atoms with Gasteiger partial charge >= 0.3 is 0 Å². The van der Waals surface area contributed by atoms with Crippen LogP contribution >= 0.6 is 11.6 Å². The summed E-state index contributed by atoms with van der Waals surface area (Å²) >= 11 is 6.58. The van der Waals surface area contributed by atoms with Gasteiger partial charge in [0.15, 0.2) is 5.79 Å². The third-order valence-electron chi connectivity index (χ3n) is 11.3. The van der Waals surface area contributed by atoms with E-state index < -0.39 is 0 Å². The molecule has 0 N–H and O–H groups in total. The molecule has 1 spiro atoms. The lowest BCUT2D eigenvalue weighted by atomic mass is 9.47. The van der Waals surface area contributed by atoms with E-state index in [0.29, 0.717) is 40.1 Å². The highest BCUT2D eigenvalue weighted by Crippen LogP contribution is 2.70. The number of hydrogen-bond acceptors (Lipinski definition) is 2. The largest absolute Gasteiger partial charge is 0.349 e. The second-order valence-electron chi connectivity index (χ2n) is 12.6. The fourth-order valence-electron chi connectivity index (χ4n) is 9.63. The van der Waals surface area contributed by atoms with Gasteiger partial charge in [-0.25, -0.2) is 0 Å². The highest BCUT2D eigenvalue weighted by molar-refractivity contribution is 6.20. The van der Waals surface area contributed by atoms with Crippen molar-refractivity contribution in [1.82, 2.24) is 0 Å². The molecule has 0 aromatic heterocycles. The molecule has 4 aliphatic carbocycles. The first kappa shape index (κ1) is 20.5. The monoisotopic (exact) mass is 432 g/mol. The molecule has 0 unspecified atom stereocenters. The number of fused-ring (bicyclic) bond motifs is 7. The summed E-state index contributed by atoms with van der Waals surface area (Å²) in [7, 11) is 0. The highest BCUT2D eigenvalue weighted by Gasteiger charge is 2.68. The van der Waals surface area contributed by atoms with Gasteiger partial charge in [0.05, 0.1) is 12.7 Å². The Morgan fingerprint density at radius 1 is 1.03 bits per heavy atom. The Balaban J connectivity index is 1.28. The lowest BCUT2D eigenvalue weighted by Gasteiger charge is -2.58. The van der Waals surface area contributed by atoms with Crippen molar-refractivity contribution in [2.45, 2.75) is 103 Å². The molecule has 6 aliphatic rings. The van der Waals surface area contributed by atoms with Crippen LogP contribution in [0.4, 0.5) is 0 Å². The van der Waals surface area contributed by atoms with Crippen molar-refractivity contribution in [3.63, 3.8) is 0 Å². The van der Waals surface area contributed by atoms with Crippen LogP contribution in [0.25, 0.3) is 0 Å². The Kier molecular flexibility index (Phi) is 4.61. The zero-order chi connectivity index (χ0) is 20.9. The van der Waals surface area contributed by atoms with Crippen molar-refractivity contribution in [2.24, 2.45) is 46.3 Å². The van der Waals surface area contributed by atoms with E-state index in [4.69, 9.17) is 21.1 Å². The third kappa shape index (κ3) is 2.62. The quantitative estimate of drug-likeness (QED) is 0.304. The van der Waals surface area contributed by atoms with E-state index in [2.05, 4.69) is 33.8 Å². The fraction of sp³-hybridized carbons (Fsp3) is 0.926. The predicted molar refractivity (Wildman–Crippen MR) is 121 cm³/mol. The van der Waals surface area contributed by atoms with Gasteiger partial charge in [-0.15, -0.1) is 11.6 Å². The SMILES string of the molecule is C[C@@H]1CC[C@@]2(OC1)O[C@@H]1C[C@@H]3[C@H]4CC=C5C[C@H](Cl)CC[C@]5(C)[C@@H]4CC[C@]3(C)[C@@H]1[C@H]2C. The van der Waals surface area contributed by atoms with Crippen LogP contribution in [0.1, 0.15) is 85.5 Å². The topological polar surface area (TPSA) is 18.5 Å². The van der Waals surface area contributed by atoms with E-state index in [1.54, 1.807) is 5.57 Å². The first-order chi connectivity index (χ1) is 14.3.